The third-order valence-electron chi connectivity index (χ3n) is 2.79. The molecule has 3 heteroatoms. The van der Waals surface area contributed by atoms with Gasteiger partial charge in [-0.05, 0) is 48.2 Å². The molecule has 1 unspecified atom stereocenters. The molecule has 0 saturated carbocycles. The predicted molar refractivity (Wildman–Crippen MR) is 76.0 cm³/mol. The summed E-state index contributed by atoms with van der Waals surface area (Å²) < 4.78 is 0. The van der Waals surface area contributed by atoms with Gasteiger partial charge in [-0.15, -0.1) is 11.3 Å². The summed E-state index contributed by atoms with van der Waals surface area (Å²) in [5.74, 6) is 0. The van der Waals surface area contributed by atoms with Crippen LogP contribution in [0.3, 0.4) is 0 Å². The minimum Gasteiger partial charge on any atom is -0.306 e. The lowest BCUT2D eigenvalue weighted by Crippen LogP contribution is -2.21. The summed E-state index contributed by atoms with van der Waals surface area (Å²) in [6.07, 6.45) is 0. The number of hydrogen-bond acceptors (Lipinski definition) is 2. The summed E-state index contributed by atoms with van der Waals surface area (Å²) in [5.41, 5.74) is 2.54. The first-order valence-electron chi connectivity index (χ1n) is 5.75. The smallest absolute Gasteiger partial charge is 0.0674 e. The first-order valence-corrected chi connectivity index (χ1v) is 7.01. The highest BCUT2D eigenvalue weighted by Gasteiger charge is 2.16. The molecule has 1 aromatic carbocycles. The normalized spacial score (nSPS) is 12.6. The van der Waals surface area contributed by atoms with Gasteiger partial charge in [0, 0.05) is 9.90 Å². The summed E-state index contributed by atoms with van der Waals surface area (Å²) >= 11 is 7.87. The molecule has 0 aliphatic heterocycles. The van der Waals surface area contributed by atoms with Crippen LogP contribution in [0.15, 0.2) is 35.7 Å². The molecule has 1 atom stereocenters. The average molecular weight is 266 g/mol. The summed E-state index contributed by atoms with van der Waals surface area (Å²) in [7, 11) is 0. The van der Waals surface area contributed by atoms with Crippen LogP contribution in [0.5, 0.6) is 0 Å². The molecule has 0 aliphatic carbocycles. The van der Waals surface area contributed by atoms with E-state index in [1.807, 2.05) is 6.07 Å². The van der Waals surface area contributed by atoms with Crippen LogP contribution in [0.2, 0.25) is 5.02 Å². The number of rotatable bonds is 4. The maximum absolute atomic E-state index is 6.10. The average Bonchev–Trinajstić information content (AvgIpc) is 2.83. The second-order valence-electron chi connectivity index (χ2n) is 4.01. The number of halogens is 1. The van der Waals surface area contributed by atoms with Crippen LogP contribution in [0, 0.1) is 6.92 Å². The van der Waals surface area contributed by atoms with E-state index in [9.17, 15) is 0 Å². The van der Waals surface area contributed by atoms with Crippen molar-refractivity contribution in [2.24, 2.45) is 0 Å². The topological polar surface area (TPSA) is 12.0 Å². The lowest BCUT2D eigenvalue weighted by atomic mass is 10.00. The SMILES string of the molecule is CCNC(c1cccs1)c1cc(Cl)ccc1C. The summed E-state index contributed by atoms with van der Waals surface area (Å²) in [5, 5.41) is 6.43. The highest BCUT2D eigenvalue weighted by Crippen LogP contribution is 2.29. The van der Waals surface area contributed by atoms with Crippen LogP contribution in [0.1, 0.15) is 29.0 Å². The molecule has 0 aliphatic rings. The maximum atomic E-state index is 6.10. The van der Waals surface area contributed by atoms with Crippen molar-refractivity contribution in [3.63, 3.8) is 0 Å². The Labute approximate surface area is 111 Å². The van der Waals surface area contributed by atoms with Crippen LogP contribution in [0.4, 0.5) is 0 Å². The second-order valence-corrected chi connectivity index (χ2v) is 5.42. The molecule has 0 bridgehead atoms. The van der Waals surface area contributed by atoms with Crippen molar-refractivity contribution in [3.8, 4) is 0 Å². The van der Waals surface area contributed by atoms with Crippen molar-refractivity contribution in [1.82, 2.24) is 5.32 Å². The van der Waals surface area contributed by atoms with Crippen LogP contribution in [-0.4, -0.2) is 6.54 Å². The molecule has 1 heterocycles. The summed E-state index contributed by atoms with van der Waals surface area (Å²) in [4.78, 5) is 1.33. The van der Waals surface area contributed by atoms with E-state index in [-0.39, 0.29) is 6.04 Å². The molecule has 0 saturated heterocycles. The molecule has 1 N–H and O–H groups in total. The molecule has 0 radical (unpaired) electrons. The minimum atomic E-state index is 0.249. The van der Waals surface area contributed by atoms with E-state index < -0.39 is 0 Å². The van der Waals surface area contributed by atoms with E-state index in [4.69, 9.17) is 11.6 Å². The third kappa shape index (κ3) is 2.89. The first kappa shape index (κ1) is 12.6. The standard InChI is InChI=1S/C14H16ClNS/c1-3-16-14(13-5-4-8-17-13)12-9-11(15)7-6-10(12)2/h4-9,14,16H,3H2,1-2H3. The Balaban J connectivity index is 2.42. The molecule has 17 heavy (non-hydrogen) atoms. The van der Waals surface area contributed by atoms with Gasteiger partial charge in [-0.25, -0.2) is 0 Å². The van der Waals surface area contributed by atoms with E-state index >= 15 is 0 Å². The van der Waals surface area contributed by atoms with Crippen molar-refractivity contribution in [2.75, 3.05) is 6.54 Å². The fourth-order valence-electron chi connectivity index (χ4n) is 1.95. The summed E-state index contributed by atoms with van der Waals surface area (Å²) in [6.45, 7) is 5.19. The predicted octanol–water partition coefficient (Wildman–Crippen LogP) is 4.41. The van der Waals surface area contributed by atoms with E-state index in [0.29, 0.717) is 0 Å². The van der Waals surface area contributed by atoms with Crippen molar-refractivity contribution < 1.29 is 0 Å². The van der Waals surface area contributed by atoms with Gasteiger partial charge in [0.25, 0.3) is 0 Å². The Morgan fingerprint density at radius 2 is 2.18 bits per heavy atom. The van der Waals surface area contributed by atoms with Gasteiger partial charge in [0.15, 0.2) is 0 Å². The lowest BCUT2D eigenvalue weighted by Gasteiger charge is -2.19. The van der Waals surface area contributed by atoms with Gasteiger partial charge in [0.2, 0.25) is 0 Å². The number of hydrogen-bond donors (Lipinski definition) is 1. The zero-order valence-electron chi connectivity index (χ0n) is 10.0. The monoisotopic (exact) mass is 265 g/mol. The molecular weight excluding hydrogens is 250 g/mol. The molecule has 1 aromatic heterocycles. The number of benzene rings is 1. The molecule has 1 nitrogen and oxygen atoms in total. The Morgan fingerprint density at radius 3 is 2.82 bits per heavy atom. The van der Waals surface area contributed by atoms with Crippen LogP contribution >= 0.6 is 22.9 Å². The van der Waals surface area contributed by atoms with Crippen LogP contribution < -0.4 is 5.32 Å². The maximum Gasteiger partial charge on any atom is 0.0674 e. The fraction of sp³-hybridized carbons (Fsp3) is 0.286. The van der Waals surface area contributed by atoms with Gasteiger partial charge in [0.05, 0.1) is 6.04 Å². The Morgan fingerprint density at radius 1 is 1.35 bits per heavy atom. The quantitative estimate of drug-likeness (QED) is 0.864. The van der Waals surface area contributed by atoms with E-state index in [2.05, 4.69) is 48.8 Å². The van der Waals surface area contributed by atoms with E-state index in [0.717, 1.165) is 11.6 Å². The zero-order valence-corrected chi connectivity index (χ0v) is 11.6. The highest BCUT2D eigenvalue weighted by molar-refractivity contribution is 7.10. The molecule has 2 rings (SSSR count). The fourth-order valence-corrected chi connectivity index (χ4v) is 2.94. The number of nitrogens with one attached hydrogen (secondary N) is 1. The second kappa shape index (κ2) is 5.67. The Hall–Kier alpha value is -0.830. The highest BCUT2D eigenvalue weighted by atomic mass is 35.5. The van der Waals surface area contributed by atoms with Gasteiger partial charge in [0.1, 0.15) is 0 Å². The third-order valence-corrected chi connectivity index (χ3v) is 3.96. The van der Waals surface area contributed by atoms with Crippen LogP contribution in [0.25, 0.3) is 0 Å². The molecule has 2 aromatic rings. The molecule has 0 amide bonds. The summed E-state index contributed by atoms with van der Waals surface area (Å²) in [6, 6.07) is 10.6. The van der Waals surface area contributed by atoms with Crippen molar-refractivity contribution in [3.05, 3.63) is 56.7 Å². The van der Waals surface area contributed by atoms with Gasteiger partial charge in [-0.2, -0.15) is 0 Å². The molecular formula is C14H16ClNS. The minimum absolute atomic E-state index is 0.249. The lowest BCUT2D eigenvalue weighted by molar-refractivity contribution is 0.637. The van der Waals surface area contributed by atoms with Crippen molar-refractivity contribution in [1.29, 1.82) is 0 Å². The van der Waals surface area contributed by atoms with Crippen molar-refractivity contribution >= 4 is 22.9 Å². The number of thiophene rings is 1. The largest absolute Gasteiger partial charge is 0.306 e. The van der Waals surface area contributed by atoms with Crippen LogP contribution in [-0.2, 0) is 0 Å². The van der Waals surface area contributed by atoms with Gasteiger partial charge >= 0.3 is 0 Å². The van der Waals surface area contributed by atoms with Gasteiger partial charge < -0.3 is 5.32 Å². The Kier molecular flexibility index (Phi) is 4.21. The molecule has 0 spiro atoms. The van der Waals surface area contributed by atoms with E-state index in [1.165, 1.54) is 16.0 Å². The molecule has 0 fully saturated rings. The molecule has 90 valence electrons. The number of aryl methyl sites for hydroxylation is 1. The van der Waals surface area contributed by atoms with Gasteiger partial charge in [-0.1, -0.05) is 30.7 Å². The van der Waals surface area contributed by atoms with Crippen molar-refractivity contribution in [2.45, 2.75) is 19.9 Å². The zero-order chi connectivity index (χ0) is 12.3. The first-order chi connectivity index (χ1) is 8.22. The Bertz CT molecular complexity index is 479. The van der Waals surface area contributed by atoms with Gasteiger partial charge in [-0.3, -0.25) is 0 Å². The van der Waals surface area contributed by atoms with E-state index in [1.54, 1.807) is 11.3 Å².